The zero-order chi connectivity index (χ0) is 22.0. The summed E-state index contributed by atoms with van der Waals surface area (Å²) in [5, 5.41) is 36.8. The van der Waals surface area contributed by atoms with Crippen LogP contribution in [0.5, 0.6) is 0 Å². The molecule has 0 spiro atoms. The van der Waals surface area contributed by atoms with Crippen LogP contribution in [0, 0.1) is 52.3 Å². The summed E-state index contributed by atoms with van der Waals surface area (Å²) in [6.45, 7) is 9.68. The molecule has 4 aliphatic carbocycles. The largest absolute Gasteiger partial charge is 0.393 e. The summed E-state index contributed by atoms with van der Waals surface area (Å²) < 4.78 is 0. The van der Waals surface area contributed by atoms with Crippen molar-refractivity contribution in [2.45, 2.75) is 97.7 Å². The Morgan fingerprint density at radius 1 is 1.03 bits per heavy atom. The lowest BCUT2D eigenvalue weighted by Gasteiger charge is -2.64. The molecule has 174 valence electrons. The van der Waals surface area contributed by atoms with Gasteiger partial charge in [-0.25, -0.2) is 5.10 Å². The Hall–Kier alpha value is -1.01. The van der Waals surface area contributed by atoms with E-state index in [-0.39, 0.29) is 17.6 Å². The van der Waals surface area contributed by atoms with Crippen molar-refractivity contribution in [2.24, 2.45) is 52.3 Å². The van der Waals surface area contributed by atoms with Crippen molar-refractivity contribution in [3.8, 4) is 0 Å². The number of nitrogens with zero attached hydrogens (tertiary/aromatic N) is 3. The van der Waals surface area contributed by atoms with Crippen molar-refractivity contribution in [1.82, 2.24) is 20.6 Å². The van der Waals surface area contributed by atoms with Gasteiger partial charge in [-0.15, -0.1) is 5.10 Å². The third kappa shape index (κ3) is 3.22. The second-order valence-corrected chi connectivity index (χ2v) is 12.2. The molecule has 0 radical (unpaired) electrons. The summed E-state index contributed by atoms with van der Waals surface area (Å²) in [5.41, 5.74) is 0.574. The van der Waals surface area contributed by atoms with Gasteiger partial charge >= 0.3 is 0 Å². The molecule has 1 aromatic rings. The molecule has 4 fully saturated rings. The molecular formula is C25H42N4O2. The highest BCUT2D eigenvalue weighted by atomic mass is 16.3. The summed E-state index contributed by atoms with van der Waals surface area (Å²) in [7, 11) is 0. The van der Waals surface area contributed by atoms with Crippen LogP contribution >= 0.6 is 0 Å². The number of aromatic amines is 1. The Kier molecular flexibility index (Phi) is 5.48. The van der Waals surface area contributed by atoms with Crippen molar-refractivity contribution in [1.29, 1.82) is 0 Å². The highest BCUT2D eigenvalue weighted by molar-refractivity contribution is 5.13. The van der Waals surface area contributed by atoms with Gasteiger partial charge in [0.25, 0.3) is 0 Å². The minimum absolute atomic E-state index is 0.174. The van der Waals surface area contributed by atoms with Crippen LogP contribution in [0.3, 0.4) is 0 Å². The van der Waals surface area contributed by atoms with Crippen LogP contribution in [0.2, 0.25) is 0 Å². The van der Waals surface area contributed by atoms with Gasteiger partial charge in [0.2, 0.25) is 0 Å². The average Bonchev–Trinajstić information content (AvgIpc) is 3.36. The van der Waals surface area contributed by atoms with E-state index in [1.807, 2.05) is 0 Å². The predicted octanol–water partition coefficient (Wildman–Crippen LogP) is 4.01. The van der Waals surface area contributed by atoms with E-state index in [2.05, 4.69) is 48.3 Å². The average molecular weight is 431 g/mol. The molecule has 6 heteroatoms. The van der Waals surface area contributed by atoms with Crippen LogP contribution in [0.1, 0.15) is 84.9 Å². The fourth-order valence-electron chi connectivity index (χ4n) is 9.65. The van der Waals surface area contributed by atoms with Gasteiger partial charge < -0.3 is 10.2 Å². The molecule has 0 amide bonds. The van der Waals surface area contributed by atoms with Crippen LogP contribution < -0.4 is 0 Å². The maximum absolute atomic E-state index is 11.8. The Labute approximate surface area is 187 Å². The quantitative estimate of drug-likeness (QED) is 0.671. The molecule has 0 aliphatic heterocycles. The van der Waals surface area contributed by atoms with Crippen LogP contribution in [0.15, 0.2) is 0 Å². The summed E-state index contributed by atoms with van der Waals surface area (Å²) in [6, 6.07) is 0. The van der Waals surface area contributed by atoms with Gasteiger partial charge in [0, 0.05) is 6.42 Å². The number of rotatable bonds is 4. The maximum Gasteiger partial charge on any atom is 0.148 e. The van der Waals surface area contributed by atoms with Crippen molar-refractivity contribution >= 4 is 0 Å². The first-order chi connectivity index (χ1) is 14.8. The maximum atomic E-state index is 11.8. The lowest BCUT2D eigenvalue weighted by atomic mass is 9.41. The fraction of sp³-hybridized carbons (Fsp3) is 0.960. The van der Waals surface area contributed by atoms with Crippen LogP contribution in [0.25, 0.3) is 0 Å². The zero-order valence-electron chi connectivity index (χ0n) is 19.8. The zero-order valence-corrected chi connectivity index (χ0v) is 19.8. The Balaban J connectivity index is 1.43. The molecule has 4 aliphatic rings. The van der Waals surface area contributed by atoms with Crippen molar-refractivity contribution in [2.75, 3.05) is 0 Å². The van der Waals surface area contributed by atoms with E-state index in [0.717, 1.165) is 37.9 Å². The number of hydrogen-bond donors (Lipinski definition) is 3. The van der Waals surface area contributed by atoms with E-state index in [0.29, 0.717) is 46.8 Å². The normalized spacial score (nSPS) is 50.4. The Morgan fingerprint density at radius 2 is 1.77 bits per heavy atom. The van der Waals surface area contributed by atoms with E-state index < -0.39 is 0 Å². The Morgan fingerprint density at radius 3 is 2.48 bits per heavy atom. The molecule has 4 saturated carbocycles. The molecule has 0 bridgehead atoms. The molecular weight excluding hydrogens is 388 g/mol. The molecule has 3 unspecified atom stereocenters. The first-order valence-electron chi connectivity index (χ1n) is 12.9. The summed E-state index contributed by atoms with van der Waals surface area (Å²) in [6.07, 6.45) is 9.53. The van der Waals surface area contributed by atoms with Gasteiger partial charge in [-0.1, -0.05) is 34.1 Å². The van der Waals surface area contributed by atoms with Gasteiger partial charge in [-0.05, 0) is 108 Å². The van der Waals surface area contributed by atoms with Gasteiger partial charge in [0.05, 0.1) is 12.2 Å². The number of aromatic nitrogens is 4. The molecule has 1 heterocycles. The van der Waals surface area contributed by atoms with Crippen molar-refractivity contribution < 1.29 is 10.2 Å². The van der Waals surface area contributed by atoms with Crippen molar-refractivity contribution in [3.63, 3.8) is 0 Å². The predicted molar refractivity (Wildman–Crippen MR) is 119 cm³/mol. The number of H-pyrrole nitrogens is 1. The molecule has 0 aromatic carbocycles. The van der Waals surface area contributed by atoms with Gasteiger partial charge in [-0.3, -0.25) is 0 Å². The second-order valence-electron chi connectivity index (χ2n) is 12.2. The minimum Gasteiger partial charge on any atom is -0.393 e. The third-order valence-electron chi connectivity index (χ3n) is 11.1. The second kappa shape index (κ2) is 7.79. The van der Waals surface area contributed by atoms with E-state index in [9.17, 15) is 10.2 Å². The molecule has 11 atom stereocenters. The first kappa shape index (κ1) is 21.8. The van der Waals surface area contributed by atoms with E-state index in [1.54, 1.807) is 0 Å². The van der Waals surface area contributed by atoms with Gasteiger partial charge in [0.15, 0.2) is 0 Å². The SMILES string of the molecule is CC[C@H]1[C@@H](O)C2[C@@H]3CC[C@H]([C@H](C)Cc4nnn[nH]4)C3(C)CC[C@@H]2C2(C)CC[C@@H](O)C[C@@H]12. The smallest absolute Gasteiger partial charge is 0.148 e. The molecule has 6 nitrogen and oxygen atoms in total. The van der Waals surface area contributed by atoms with Crippen LogP contribution in [0.4, 0.5) is 0 Å². The number of aliphatic hydroxyl groups excluding tert-OH is 2. The highest BCUT2D eigenvalue weighted by Gasteiger charge is 2.64. The summed E-state index contributed by atoms with van der Waals surface area (Å²) >= 11 is 0. The Bertz CT molecular complexity index is 772. The number of hydrogen-bond acceptors (Lipinski definition) is 5. The first-order valence-corrected chi connectivity index (χ1v) is 12.9. The lowest BCUT2D eigenvalue weighted by molar-refractivity contribution is -0.203. The van der Waals surface area contributed by atoms with Gasteiger partial charge in [0.1, 0.15) is 5.82 Å². The summed E-state index contributed by atoms with van der Waals surface area (Å²) in [4.78, 5) is 0. The molecule has 31 heavy (non-hydrogen) atoms. The van der Waals surface area contributed by atoms with E-state index >= 15 is 0 Å². The molecule has 3 N–H and O–H groups in total. The van der Waals surface area contributed by atoms with Crippen LogP contribution in [-0.4, -0.2) is 43.0 Å². The molecule has 1 aromatic heterocycles. The third-order valence-corrected chi connectivity index (χ3v) is 11.1. The van der Waals surface area contributed by atoms with Crippen molar-refractivity contribution in [3.05, 3.63) is 5.82 Å². The van der Waals surface area contributed by atoms with Gasteiger partial charge in [-0.2, -0.15) is 0 Å². The fourth-order valence-corrected chi connectivity index (χ4v) is 9.65. The molecule has 5 rings (SSSR count). The monoisotopic (exact) mass is 430 g/mol. The van der Waals surface area contributed by atoms with Crippen LogP contribution in [-0.2, 0) is 6.42 Å². The topological polar surface area (TPSA) is 94.9 Å². The number of nitrogens with one attached hydrogen (secondary N) is 1. The van der Waals surface area contributed by atoms with E-state index in [4.69, 9.17) is 0 Å². The summed E-state index contributed by atoms with van der Waals surface area (Å²) in [5.74, 6) is 4.54. The minimum atomic E-state index is -0.212. The lowest BCUT2D eigenvalue weighted by Crippen LogP contribution is -2.62. The molecule has 0 saturated heterocycles. The highest BCUT2D eigenvalue weighted by Crippen LogP contribution is 2.69. The number of tetrazole rings is 1. The number of aliphatic hydroxyl groups is 2. The van der Waals surface area contributed by atoms with E-state index in [1.165, 1.54) is 25.7 Å². The standard InChI is InChI=1S/C25H42N4O2/c1-5-16-20-13-15(30)8-10-25(20,4)19-9-11-24(3)17(6-7-18(24)22(19)23(16)31)14(2)12-21-26-28-29-27-21/h14-20,22-23,30-31H,5-13H2,1-4H3,(H,26,27,28,29)/t14-,15-,16-,17-,18+,19+,20+,22?,23-,24?,25?/m1/s1. The number of fused-ring (bicyclic) bond motifs is 5.